The standard InChI is InChI=1S/C16H19ClN2O2.ClH/c17-11-1-4-14-10(7-11)8-15(21-14)16(20)19-12-2-3-13(19)9-18-6-5-12;/h1,4,7,12-13,15,18H,2-3,5-6,8-9H2;1H. The number of hydrogen-bond donors (Lipinski definition) is 1. The molecule has 2 saturated heterocycles. The van der Waals surface area contributed by atoms with Crippen LogP contribution in [0.5, 0.6) is 5.75 Å². The van der Waals surface area contributed by atoms with E-state index in [1.165, 1.54) is 0 Å². The van der Waals surface area contributed by atoms with E-state index >= 15 is 0 Å². The largest absolute Gasteiger partial charge is 0.480 e. The van der Waals surface area contributed by atoms with Crippen molar-refractivity contribution in [2.45, 2.75) is 43.9 Å². The number of rotatable bonds is 1. The lowest BCUT2D eigenvalue weighted by Crippen LogP contribution is -2.48. The maximum absolute atomic E-state index is 12.9. The van der Waals surface area contributed by atoms with Gasteiger partial charge < -0.3 is 15.0 Å². The van der Waals surface area contributed by atoms with Crippen molar-refractivity contribution in [2.75, 3.05) is 13.1 Å². The van der Waals surface area contributed by atoms with E-state index in [4.69, 9.17) is 16.3 Å². The van der Waals surface area contributed by atoms with Crippen LogP contribution in [0.2, 0.25) is 5.02 Å². The van der Waals surface area contributed by atoms with E-state index in [0.29, 0.717) is 23.5 Å². The van der Waals surface area contributed by atoms with Gasteiger partial charge in [-0.15, -0.1) is 12.4 Å². The summed E-state index contributed by atoms with van der Waals surface area (Å²) in [6.45, 7) is 1.92. The third-order valence-electron chi connectivity index (χ3n) is 4.88. The molecular formula is C16H20Cl2N2O2. The van der Waals surface area contributed by atoms with Crippen molar-refractivity contribution in [3.8, 4) is 5.75 Å². The molecule has 1 aromatic carbocycles. The van der Waals surface area contributed by atoms with Crippen molar-refractivity contribution >= 4 is 29.9 Å². The molecule has 6 heteroatoms. The molecule has 4 rings (SSSR count). The van der Waals surface area contributed by atoms with Crippen LogP contribution in [-0.2, 0) is 11.2 Å². The van der Waals surface area contributed by atoms with Crippen LogP contribution in [-0.4, -0.2) is 42.1 Å². The number of hydrogen-bond acceptors (Lipinski definition) is 3. The quantitative estimate of drug-likeness (QED) is 0.852. The lowest BCUT2D eigenvalue weighted by atomic mass is 10.1. The average molecular weight is 343 g/mol. The second kappa shape index (κ2) is 6.26. The number of benzene rings is 1. The Bertz CT molecular complexity index is 567. The van der Waals surface area contributed by atoms with Crippen LogP contribution in [0, 0.1) is 0 Å². The van der Waals surface area contributed by atoms with Crippen LogP contribution in [0.25, 0.3) is 0 Å². The summed E-state index contributed by atoms with van der Waals surface area (Å²) < 4.78 is 5.87. The zero-order valence-electron chi connectivity index (χ0n) is 12.3. The van der Waals surface area contributed by atoms with Crippen LogP contribution in [0.1, 0.15) is 24.8 Å². The third kappa shape index (κ3) is 2.68. The molecule has 4 nitrogen and oxygen atoms in total. The number of carbonyl (C=O) groups is 1. The molecule has 0 saturated carbocycles. The molecule has 0 radical (unpaired) electrons. The highest BCUT2D eigenvalue weighted by atomic mass is 35.5. The summed E-state index contributed by atoms with van der Waals surface area (Å²) in [6.07, 6.45) is 3.55. The zero-order valence-corrected chi connectivity index (χ0v) is 13.8. The molecule has 1 amide bonds. The smallest absolute Gasteiger partial charge is 0.264 e. The molecule has 1 aromatic rings. The molecular weight excluding hydrogens is 323 g/mol. The number of halogens is 2. The first-order valence-corrected chi connectivity index (χ1v) is 8.08. The predicted molar refractivity (Wildman–Crippen MR) is 88.0 cm³/mol. The SMILES string of the molecule is Cl.O=C(C1Cc2cc(Cl)ccc2O1)N1C2CCNCC1CC2. The summed E-state index contributed by atoms with van der Waals surface area (Å²) in [4.78, 5) is 15.0. The minimum Gasteiger partial charge on any atom is -0.480 e. The number of carbonyl (C=O) groups excluding carboxylic acids is 1. The van der Waals surface area contributed by atoms with Crippen molar-refractivity contribution in [1.29, 1.82) is 0 Å². The van der Waals surface area contributed by atoms with E-state index in [1.54, 1.807) is 0 Å². The lowest BCUT2D eigenvalue weighted by molar-refractivity contribution is -0.140. The van der Waals surface area contributed by atoms with E-state index in [2.05, 4.69) is 10.2 Å². The van der Waals surface area contributed by atoms with Gasteiger partial charge in [-0.1, -0.05) is 11.6 Å². The molecule has 3 heterocycles. The van der Waals surface area contributed by atoms with Gasteiger partial charge in [0.2, 0.25) is 0 Å². The van der Waals surface area contributed by atoms with Gasteiger partial charge in [0, 0.05) is 30.1 Å². The Morgan fingerprint density at radius 3 is 2.95 bits per heavy atom. The van der Waals surface area contributed by atoms with E-state index in [1.807, 2.05) is 18.2 Å². The van der Waals surface area contributed by atoms with E-state index in [0.717, 1.165) is 43.7 Å². The van der Waals surface area contributed by atoms with E-state index in [9.17, 15) is 4.79 Å². The molecule has 22 heavy (non-hydrogen) atoms. The van der Waals surface area contributed by atoms with Gasteiger partial charge in [-0.05, 0) is 49.6 Å². The second-order valence-corrected chi connectivity index (χ2v) is 6.62. The highest BCUT2D eigenvalue weighted by molar-refractivity contribution is 6.30. The molecule has 0 aliphatic carbocycles. The van der Waals surface area contributed by atoms with Crippen LogP contribution < -0.4 is 10.1 Å². The van der Waals surface area contributed by atoms with Crippen molar-refractivity contribution in [2.24, 2.45) is 0 Å². The Morgan fingerprint density at radius 1 is 1.27 bits per heavy atom. The molecule has 3 atom stereocenters. The summed E-state index contributed by atoms with van der Waals surface area (Å²) in [5.41, 5.74) is 1.04. The Kier molecular flexibility index (Phi) is 4.53. The molecule has 3 aliphatic heterocycles. The first kappa shape index (κ1) is 15.9. The Labute approximate surface area is 141 Å². The van der Waals surface area contributed by atoms with Crippen molar-refractivity contribution in [1.82, 2.24) is 10.2 Å². The van der Waals surface area contributed by atoms with Gasteiger partial charge in [0.1, 0.15) is 5.75 Å². The Hall–Kier alpha value is -0.970. The van der Waals surface area contributed by atoms with Crippen LogP contribution in [0.15, 0.2) is 18.2 Å². The van der Waals surface area contributed by atoms with Crippen LogP contribution in [0.4, 0.5) is 0 Å². The van der Waals surface area contributed by atoms with Gasteiger partial charge in [-0.2, -0.15) is 0 Å². The average Bonchev–Trinajstić information content (AvgIpc) is 2.97. The number of fused-ring (bicyclic) bond motifs is 3. The fraction of sp³-hybridized carbons (Fsp3) is 0.562. The number of nitrogens with zero attached hydrogens (tertiary/aromatic N) is 1. The first-order valence-electron chi connectivity index (χ1n) is 7.70. The maximum Gasteiger partial charge on any atom is 0.264 e. The molecule has 0 aromatic heterocycles. The van der Waals surface area contributed by atoms with Gasteiger partial charge in [-0.3, -0.25) is 4.79 Å². The summed E-state index contributed by atoms with van der Waals surface area (Å²) in [6, 6.07) is 6.30. The Morgan fingerprint density at radius 2 is 2.09 bits per heavy atom. The van der Waals surface area contributed by atoms with Gasteiger partial charge in [0.05, 0.1) is 0 Å². The highest BCUT2D eigenvalue weighted by Crippen LogP contribution is 2.34. The van der Waals surface area contributed by atoms with Gasteiger partial charge in [-0.25, -0.2) is 0 Å². The first-order chi connectivity index (χ1) is 10.2. The third-order valence-corrected chi connectivity index (χ3v) is 5.12. The highest BCUT2D eigenvalue weighted by Gasteiger charge is 2.42. The molecule has 1 N–H and O–H groups in total. The minimum absolute atomic E-state index is 0. The van der Waals surface area contributed by atoms with Crippen molar-refractivity contribution in [3.63, 3.8) is 0 Å². The van der Waals surface area contributed by atoms with Crippen molar-refractivity contribution < 1.29 is 9.53 Å². The van der Waals surface area contributed by atoms with Crippen molar-refractivity contribution in [3.05, 3.63) is 28.8 Å². The van der Waals surface area contributed by atoms with Gasteiger partial charge >= 0.3 is 0 Å². The van der Waals surface area contributed by atoms with Gasteiger partial charge in [0.15, 0.2) is 6.10 Å². The van der Waals surface area contributed by atoms with E-state index < -0.39 is 0 Å². The molecule has 3 unspecified atom stereocenters. The summed E-state index contributed by atoms with van der Waals surface area (Å²) >= 11 is 6.02. The molecule has 120 valence electrons. The molecule has 2 fully saturated rings. The Balaban J connectivity index is 0.00000144. The predicted octanol–water partition coefficient (Wildman–Crippen LogP) is 2.42. The number of nitrogens with one attached hydrogen (secondary N) is 1. The summed E-state index contributed by atoms with van der Waals surface area (Å²) in [5, 5.41) is 4.13. The number of ether oxygens (including phenoxy) is 1. The maximum atomic E-state index is 12.9. The number of amides is 1. The molecule has 0 spiro atoms. The fourth-order valence-electron chi connectivity index (χ4n) is 3.86. The monoisotopic (exact) mass is 342 g/mol. The normalized spacial score (nSPS) is 29.3. The second-order valence-electron chi connectivity index (χ2n) is 6.19. The molecule has 3 aliphatic rings. The topological polar surface area (TPSA) is 41.6 Å². The molecule has 2 bridgehead atoms. The van der Waals surface area contributed by atoms with Crippen LogP contribution in [0.3, 0.4) is 0 Å². The minimum atomic E-state index is -0.375. The lowest BCUT2D eigenvalue weighted by Gasteiger charge is -2.30. The zero-order chi connectivity index (χ0) is 14.4. The van der Waals surface area contributed by atoms with E-state index in [-0.39, 0.29) is 24.4 Å². The summed E-state index contributed by atoms with van der Waals surface area (Å²) in [5.74, 6) is 0.955. The van der Waals surface area contributed by atoms with Gasteiger partial charge in [0.25, 0.3) is 5.91 Å². The van der Waals surface area contributed by atoms with Crippen LogP contribution >= 0.6 is 24.0 Å². The summed E-state index contributed by atoms with van der Waals surface area (Å²) in [7, 11) is 0. The fourth-order valence-corrected chi connectivity index (χ4v) is 4.06.